The summed E-state index contributed by atoms with van der Waals surface area (Å²) in [5, 5.41) is 0. The Bertz CT molecular complexity index is 568. The third kappa shape index (κ3) is 4.73. The largest absolute Gasteiger partial charge is 0.393 e. The van der Waals surface area contributed by atoms with Crippen LogP contribution in [-0.4, -0.2) is 38.9 Å². The number of nitrogens with zero attached hydrogens (tertiary/aromatic N) is 3. The van der Waals surface area contributed by atoms with E-state index < -0.39 is 0 Å². The molecule has 1 aromatic rings. The van der Waals surface area contributed by atoms with Gasteiger partial charge in [0, 0.05) is 44.4 Å². The predicted molar refractivity (Wildman–Crippen MR) is 81.6 cm³/mol. The molecule has 110 valence electrons. The number of rotatable bonds is 6. The molecule has 0 bridgehead atoms. The number of thiocarbonyl (C=S) groups is 1. The highest BCUT2D eigenvalue weighted by atomic mass is 32.1. The zero-order valence-corrected chi connectivity index (χ0v) is 12.9. The Kier molecular flexibility index (Phi) is 5.82. The minimum Gasteiger partial charge on any atom is -0.393 e. The molecule has 0 aliphatic rings. The Morgan fingerprint density at radius 3 is 2.65 bits per heavy atom. The number of carbonyl (C=O) groups excluding carboxylic acids is 1. The standard InChI is InChI=1S/C13H20N4O2S/c1-9-8-10(2)17(13(19)15-9)7-5-12(18)16(3)6-4-11(14)20/h8H,4-7H2,1-3H3,(H2,14,20). The monoisotopic (exact) mass is 296 g/mol. The average Bonchev–Trinajstić information content (AvgIpc) is 2.34. The Hall–Kier alpha value is -1.76. The van der Waals surface area contributed by atoms with Crippen molar-refractivity contribution >= 4 is 23.1 Å². The molecule has 1 heterocycles. The molecule has 0 aliphatic carbocycles. The van der Waals surface area contributed by atoms with E-state index in [1.54, 1.807) is 18.9 Å². The van der Waals surface area contributed by atoms with Gasteiger partial charge in [0.1, 0.15) is 0 Å². The molecule has 0 unspecified atom stereocenters. The van der Waals surface area contributed by atoms with Crippen molar-refractivity contribution in [2.24, 2.45) is 5.73 Å². The highest BCUT2D eigenvalue weighted by Crippen LogP contribution is 2.00. The predicted octanol–water partition coefficient (Wildman–Crippen LogP) is 0.385. The minimum absolute atomic E-state index is 0.0480. The van der Waals surface area contributed by atoms with Crippen molar-refractivity contribution in [3.05, 3.63) is 27.9 Å². The van der Waals surface area contributed by atoms with Crippen molar-refractivity contribution in [3.63, 3.8) is 0 Å². The van der Waals surface area contributed by atoms with E-state index in [2.05, 4.69) is 4.98 Å². The second-order valence-electron chi connectivity index (χ2n) is 4.75. The summed E-state index contributed by atoms with van der Waals surface area (Å²) in [6.45, 7) is 4.42. The molecule has 1 aromatic heterocycles. The van der Waals surface area contributed by atoms with Crippen molar-refractivity contribution in [2.45, 2.75) is 33.2 Å². The van der Waals surface area contributed by atoms with Crippen LogP contribution in [0, 0.1) is 13.8 Å². The Morgan fingerprint density at radius 1 is 1.45 bits per heavy atom. The second-order valence-corrected chi connectivity index (χ2v) is 5.28. The summed E-state index contributed by atoms with van der Waals surface area (Å²) in [7, 11) is 1.70. The summed E-state index contributed by atoms with van der Waals surface area (Å²) in [5.74, 6) is -0.0480. The smallest absolute Gasteiger partial charge is 0.347 e. The van der Waals surface area contributed by atoms with Crippen LogP contribution >= 0.6 is 12.2 Å². The fourth-order valence-electron chi connectivity index (χ4n) is 1.85. The summed E-state index contributed by atoms with van der Waals surface area (Å²) < 4.78 is 1.51. The molecule has 20 heavy (non-hydrogen) atoms. The Labute approximate surface area is 123 Å². The number of carbonyl (C=O) groups is 1. The number of hydrogen-bond acceptors (Lipinski definition) is 4. The van der Waals surface area contributed by atoms with Crippen LogP contribution < -0.4 is 11.4 Å². The lowest BCUT2D eigenvalue weighted by molar-refractivity contribution is -0.130. The van der Waals surface area contributed by atoms with E-state index in [-0.39, 0.29) is 18.0 Å². The number of hydrogen-bond donors (Lipinski definition) is 1. The number of amides is 1. The van der Waals surface area contributed by atoms with Gasteiger partial charge in [-0.15, -0.1) is 0 Å². The van der Waals surface area contributed by atoms with E-state index >= 15 is 0 Å². The quantitative estimate of drug-likeness (QED) is 0.768. The van der Waals surface area contributed by atoms with Crippen LogP contribution in [0.3, 0.4) is 0 Å². The first kappa shape index (κ1) is 16.3. The van der Waals surface area contributed by atoms with Crippen LogP contribution in [0.25, 0.3) is 0 Å². The molecule has 1 rings (SSSR count). The molecule has 7 heteroatoms. The molecule has 0 aliphatic heterocycles. The van der Waals surface area contributed by atoms with Crippen LogP contribution in [0.15, 0.2) is 10.9 Å². The highest BCUT2D eigenvalue weighted by Gasteiger charge is 2.11. The summed E-state index contributed by atoms with van der Waals surface area (Å²) in [6.07, 6.45) is 0.752. The van der Waals surface area contributed by atoms with E-state index in [1.807, 2.05) is 13.0 Å². The maximum Gasteiger partial charge on any atom is 0.347 e. The molecule has 0 atom stereocenters. The fourth-order valence-corrected chi connectivity index (χ4v) is 1.94. The molecule has 0 saturated carbocycles. The number of aryl methyl sites for hydroxylation is 2. The van der Waals surface area contributed by atoms with E-state index in [9.17, 15) is 9.59 Å². The van der Waals surface area contributed by atoms with Gasteiger partial charge in [-0.1, -0.05) is 12.2 Å². The van der Waals surface area contributed by atoms with Gasteiger partial charge < -0.3 is 10.6 Å². The van der Waals surface area contributed by atoms with E-state index in [1.165, 1.54) is 4.57 Å². The molecule has 0 spiro atoms. The molecular formula is C13H20N4O2S. The lowest BCUT2D eigenvalue weighted by Gasteiger charge is -2.17. The summed E-state index contributed by atoms with van der Waals surface area (Å²) in [4.78, 5) is 29.5. The number of aromatic nitrogens is 2. The summed E-state index contributed by atoms with van der Waals surface area (Å²) >= 11 is 4.77. The third-order valence-electron chi connectivity index (χ3n) is 3.02. The van der Waals surface area contributed by atoms with Crippen molar-refractivity contribution in [1.82, 2.24) is 14.5 Å². The first-order valence-electron chi connectivity index (χ1n) is 6.38. The number of nitrogens with two attached hydrogens (primary N) is 1. The van der Waals surface area contributed by atoms with Gasteiger partial charge in [0.2, 0.25) is 5.91 Å². The molecule has 0 radical (unpaired) electrons. The van der Waals surface area contributed by atoms with E-state index in [0.717, 1.165) is 5.69 Å². The third-order valence-corrected chi connectivity index (χ3v) is 3.22. The normalized spacial score (nSPS) is 10.3. The van der Waals surface area contributed by atoms with Gasteiger partial charge in [-0.2, -0.15) is 4.98 Å². The lowest BCUT2D eigenvalue weighted by atomic mass is 10.3. The second kappa shape index (κ2) is 7.14. The molecule has 2 N–H and O–H groups in total. The van der Waals surface area contributed by atoms with Crippen LogP contribution in [-0.2, 0) is 11.3 Å². The Morgan fingerprint density at radius 2 is 2.10 bits per heavy atom. The maximum absolute atomic E-state index is 11.9. The van der Waals surface area contributed by atoms with Crippen molar-refractivity contribution in [3.8, 4) is 0 Å². The maximum atomic E-state index is 11.9. The lowest BCUT2D eigenvalue weighted by Crippen LogP contribution is -2.32. The van der Waals surface area contributed by atoms with Crippen LogP contribution in [0.4, 0.5) is 0 Å². The highest BCUT2D eigenvalue weighted by molar-refractivity contribution is 7.80. The van der Waals surface area contributed by atoms with Gasteiger partial charge in [-0.3, -0.25) is 9.36 Å². The van der Waals surface area contributed by atoms with Crippen LogP contribution in [0.1, 0.15) is 24.2 Å². The van der Waals surface area contributed by atoms with Crippen molar-refractivity contribution in [2.75, 3.05) is 13.6 Å². The average molecular weight is 296 g/mol. The van der Waals surface area contributed by atoms with Gasteiger partial charge in [-0.05, 0) is 19.9 Å². The van der Waals surface area contributed by atoms with Crippen LogP contribution in [0.2, 0.25) is 0 Å². The molecular weight excluding hydrogens is 276 g/mol. The topological polar surface area (TPSA) is 81.2 Å². The summed E-state index contributed by atoms with van der Waals surface area (Å²) in [6, 6.07) is 1.82. The zero-order chi connectivity index (χ0) is 15.3. The zero-order valence-electron chi connectivity index (χ0n) is 12.0. The SMILES string of the molecule is Cc1cc(C)n(CCC(=O)N(C)CCC(N)=S)c(=O)n1. The molecule has 1 amide bonds. The van der Waals surface area contributed by atoms with Gasteiger partial charge in [0.25, 0.3) is 0 Å². The van der Waals surface area contributed by atoms with Gasteiger partial charge in [0.15, 0.2) is 0 Å². The summed E-state index contributed by atoms with van der Waals surface area (Å²) in [5.41, 5.74) is 6.57. The molecule has 6 nitrogen and oxygen atoms in total. The molecule has 0 saturated heterocycles. The van der Waals surface area contributed by atoms with E-state index in [0.29, 0.717) is 30.2 Å². The fraction of sp³-hybridized carbons (Fsp3) is 0.538. The first-order valence-corrected chi connectivity index (χ1v) is 6.79. The molecule has 0 fully saturated rings. The van der Waals surface area contributed by atoms with Crippen LogP contribution in [0.5, 0.6) is 0 Å². The van der Waals surface area contributed by atoms with Crippen molar-refractivity contribution < 1.29 is 4.79 Å². The van der Waals surface area contributed by atoms with Gasteiger partial charge >= 0.3 is 5.69 Å². The molecule has 0 aromatic carbocycles. The minimum atomic E-state index is -0.318. The van der Waals surface area contributed by atoms with Crippen molar-refractivity contribution in [1.29, 1.82) is 0 Å². The first-order chi connectivity index (χ1) is 9.31. The Balaban J connectivity index is 2.61. The van der Waals surface area contributed by atoms with E-state index in [4.69, 9.17) is 18.0 Å². The van der Waals surface area contributed by atoms with Gasteiger partial charge in [0.05, 0.1) is 4.99 Å². The van der Waals surface area contributed by atoms with Gasteiger partial charge in [-0.25, -0.2) is 4.79 Å².